The van der Waals surface area contributed by atoms with Crippen LogP contribution in [-0.4, -0.2) is 9.67 Å². The second-order valence-electron chi connectivity index (χ2n) is 3.41. The highest BCUT2D eigenvalue weighted by atomic mass is 16.3. The summed E-state index contributed by atoms with van der Waals surface area (Å²) in [6.45, 7) is 3.42. The fraction of sp³-hybridized carbons (Fsp3) is 0.636. The first-order valence-corrected chi connectivity index (χ1v) is 5.13. The van der Waals surface area contributed by atoms with Gasteiger partial charge in [-0.1, -0.05) is 26.2 Å². The molecule has 0 radical (unpaired) electrons. The number of aliphatic hydroxyl groups is 1. The quantitative estimate of drug-likeness (QED) is 0.670. The van der Waals surface area contributed by atoms with Crippen LogP contribution in [0.5, 0.6) is 0 Å². The first-order valence-electron chi connectivity index (χ1n) is 5.13. The summed E-state index contributed by atoms with van der Waals surface area (Å²) in [7, 11) is 0. The molecule has 0 aliphatic rings. The molecule has 1 aromatic heterocycles. The van der Waals surface area contributed by atoms with Crippen LogP contribution in [0.1, 0.15) is 38.3 Å². The maximum atomic E-state index is 8.99. The Morgan fingerprint density at radius 1 is 1.31 bits per heavy atom. The first kappa shape index (κ1) is 10.3. The summed E-state index contributed by atoms with van der Waals surface area (Å²) in [5, 5.41) is 8.99. The van der Waals surface area contributed by atoms with E-state index in [2.05, 4.69) is 11.5 Å². The van der Waals surface area contributed by atoms with Crippen LogP contribution in [0.15, 0.2) is 18.3 Å². The molecule has 0 atom stereocenters. The van der Waals surface area contributed by atoms with Crippen molar-refractivity contribution in [2.45, 2.75) is 45.8 Å². The third-order valence-electron chi connectivity index (χ3n) is 2.34. The van der Waals surface area contributed by atoms with E-state index in [0.717, 1.165) is 12.2 Å². The first-order chi connectivity index (χ1) is 6.38. The molecule has 0 saturated heterocycles. The molecule has 1 aromatic rings. The third kappa shape index (κ3) is 3.23. The molecule has 0 aliphatic carbocycles. The average molecular weight is 181 g/mol. The number of unbranched alkanes of at least 4 members (excludes halogenated alkanes) is 3. The molecule has 2 nitrogen and oxygen atoms in total. The van der Waals surface area contributed by atoms with Gasteiger partial charge in [-0.05, 0) is 18.6 Å². The smallest absolute Gasteiger partial charge is 0.0832 e. The average Bonchev–Trinajstić information content (AvgIpc) is 2.60. The van der Waals surface area contributed by atoms with E-state index in [1.165, 1.54) is 25.7 Å². The van der Waals surface area contributed by atoms with Crippen molar-refractivity contribution >= 4 is 0 Å². The van der Waals surface area contributed by atoms with E-state index < -0.39 is 0 Å². The highest BCUT2D eigenvalue weighted by Gasteiger charge is 1.97. The van der Waals surface area contributed by atoms with Crippen LogP contribution in [0.4, 0.5) is 0 Å². The summed E-state index contributed by atoms with van der Waals surface area (Å²) >= 11 is 0. The number of hydrogen-bond acceptors (Lipinski definition) is 1. The van der Waals surface area contributed by atoms with Crippen LogP contribution in [0.2, 0.25) is 0 Å². The fourth-order valence-corrected chi connectivity index (χ4v) is 1.52. The minimum atomic E-state index is 0.154. The standard InChI is InChI=1S/C11H19NO/c1-2-3-4-5-8-12-9-6-7-11(12)10-13/h6-7,9,13H,2-5,8,10H2,1H3. The lowest BCUT2D eigenvalue weighted by Gasteiger charge is -2.06. The van der Waals surface area contributed by atoms with Gasteiger partial charge in [-0.3, -0.25) is 0 Å². The van der Waals surface area contributed by atoms with Gasteiger partial charge in [0.15, 0.2) is 0 Å². The molecule has 0 fully saturated rings. The van der Waals surface area contributed by atoms with Gasteiger partial charge in [-0.15, -0.1) is 0 Å². The lowest BCUT2D eigenvalue weighted by atomic mass is 10.2. The molecule has 0 saturated carbocycles. The van der Waals surface area contributed by atoms with E-state index in [4.69, 9.17) is 5.11 Å². The molecule has 1 heterocycles. The van der Waals surface area contributed by atoms with Crippen molar-refractivity contribution < 1.29 is 5.11 Å². The zero-order chi connectivity index (χ0) is 9.52. The summed E-state index contributed by atoms with van der Waals surface area (Å²) in [5.74, 6) is 0. The predicted octanol–water partition coefficient (Wildman–Crippen LogP) is 2.56. The van der Waals surface area contributed by atoms with Crippen LogP contribution in [0.25, 0.3) is 0 Å². The Balaban J connectivity index is 2.27. The van der Waals surface area contributed by atoms with Crippen molar-refractivity contribution in [2.75, 3.05) is 0 Å². The largest absolute Gasteiger partial charge is 0.390 e. The molecule has 0 aromatic carbocycles. The lowest BCUT2D eigenvalue weighted by molar-refractivity contribution is 0.270. The Morgan fingerprint density at radius 2 is 2.15 bits per heavy atom. The second kappa shape index (κ2) is 5.81. The minimum absolute atomic E-state index is 0.154. The number of aromatic nitrogens is 1. The number of hydrogen-bond donors (Lipinski definition) is 1. The van der Waals surface area contributed by atoms with E-state index in [0.29, 0.717) is 0 Å². The highest BCUT2D eigenvalue weighted by Crippen LogP contribution is 2.06. The van der Waals surface area contributed by atoms with Crippen LogP contribution in [0.3, 0.4) is 0 Å². The third-order valence-corrected chi connectivity index (χ3v) is 2.34. The van der Waals surface area contributed by atoms with Gasteiger partial charge in [0.2, 0.25) is 0 Å². The Morgan fingerprint density at radius 3 is 2.85 bits per heavy atom. The van der Waals surface area contributed by atoms with Gasteiger partial charge in [-0.25, -0.2) is 0 Å². The van der Waals surface area contributed by atoms with Gasteiger partial charge < -0.3 is 9.67 Å². The normalized spacial score (nSPS) is 10.6. The summed E-state index contributed by atoms with van der Waals surface area (Å²) < 4.78 is 2.13. The van der Waals surface area contributed by atoms with E-state index in [1.54, 1.807) is 0 Å². The molecule has 0 bridgehead atoms. The van der Waals surface area contributed by atoms with Crippen LogP contribution in [-0.2, 0) is 13.2 Å². The molecular formula is C11H19NO. The van der Waals surface area contributed by atoms with E-state index >= 15 is 0 Å². The van der Waals surface area contributed by atoms with Crippen molar-refractivity contribution in [3.8, 4) is 0 Å². The molecule has 0 spiro atoms. The zero-order valence-corrected chi connectivity index (χ0v) is 8.37. The van der Waals surface area contributed by atoms with Gasteiger partial charge in [-0.2, -0.15) is 0 Å². The summed E-state index contributed by atoms with van der Waals surface area (Å²) in [6.07, 6.45) is 7.14. The molecular weight excluding hydrogens is 162 g/mol. The summed E-state index contributed by atoms with van der Waals surface area (Å²) in [5.41, 5.74) is 1.02. The Labute approximate surface area is 80.2 Å². The predicted molar refractivity (Wildman–Crippen MR) is 54.5 cm³/mol. The molecule has 1 rings (SSSR count). The van der Waals surface area contributed by atoms with Crippen molar-refractivity contribution in [3.63, 3.8) is 0 Å². The summed E-state index contributed by atoms with van der Waals surface area (Å²) in [4.78, 5) is 0. The van der Waals surface area contributed by atoms with Gasteiger partial charge >= 0.3 is 0 Å². The molecule has 2 heteroatoms. The van der Waals surface area contributed by atoms with Crippen LogP contribution < -0.4 is 0 Å². The highest BCUT2D eigenvalue weighted by molar-refractivity contribution is 5.05. The molecule has 0 aliphatic heterocycles. The number of aliphatic hydroxyl groups excluding tert-OH is 1. The maximum absolute atomic E-state index is 8.99. The van der Waals surface area contributed by atoms with Gasteiger partial charge in [0, 0.05) is 18.4 Å². The summed E-state index contributed by atoms with van der Waals surface area (Å²) in [6, 6.07) is 3.96. The topological polar surface area (TPSA) is 25.2 Å². The molecule has 0 amide bonds. The van der Waals surface area contributed by atoms with E-state index in [1.807, 2.05) is 18.3 Å². The van der Waals surface area contributed by atoms with Crippen molar-refractivity contribution in [1.29, 1.82) is 0 Å². The van der Waals surface area contributed by atoms with Crippen molar-refractivity contribution in [3.05, 3.63) is 24.0 Å². The van der Waals surface area contributed by atoms with Crippen molar-refractivity contribution in [2.24, 2.45) is 0 Å². The molecule has 0 unspecified atom stereocenters. The number of aryl methyl sites for hydroxylation is 1. The molecule has 13 heavy (non-hydrogen) atoms. The van der Waals surface area contributed by atoms with Crippen molar-refractivity contribution in [1.82, 2.24) is 4.57 Å². The monoisotopic (exact) mass is 181 g/mol. The fourth-order valence-electron chi connectivity index (χ4n) is 1.52. The minimum Gasteiger partial charge on any atom is -0.390 e. The van der Waals surface area contributed by atoms with Gasteiger partial charge in [0.1, 0.15) is 0 Å². The SMILES string of the molecule is CCCCCCn1cccc1CO. The van der Waals surface area contributed by atoms with E-state index in [9.17, 15) is 0 Å². The Bertz CT molecular complexity index is 230. The second-order valence-corrected chi connectivity index (χ2v) is 3.41. The Kier molecular flexibility index (Phi) is 4.61. The zero-order valence-electron chi connectivity index (χ0n) is 8.37. The van der Waals surface area contributed by atoms with Gasteiger partial charge in [0.05, 0.1) is 6.61 Å². The van der Waals surface area contributed by atoms with E-state index in [-0.39, 0.29) is 6.61 Å². The van der Waals surface area contributed by atoms with Crippen LogP contribution in [0, 0.1) is 0 Å². The number of nitrogens with zero attached hydrogens (tertiary/aromatic N) is 1. The molecule has 74 valence electrons. The maximum Gasteiger partial charge on any atom is 0.0832 e. The van der Waals surface area contributed by atoms with Crippen LogP contribution >= 0.6 is 0 Å². The lowest BCUT2D eigenvalue weighted by Crippen LogP contribution is -2.01. The Hall–Kier alpha value is -0.760. The number of rotatable bonds is 6. The molecule has 1 N–H and O–H groups in total. The van der Waals surface area contributed by atoms with Gasteiger partial charge in [0.25, 0.3) is 0 Å².